The first-order valence-electron chi connectivity index (χ1n) is 10.4. The molecular formula is C24H27ClN2O2. The Morgan fingerprint density at radius 1 is 1.10 bits per heavy atom. The molecule has 1 N–H and O–H groups in total. The van der Waals surface area contributed by atoms with Crippen molar-refractivity contribution in [2.75, 3.05) is 0 Å². The van der Waals surface area contributed by atoms with E-state index in [4.69, 9.17) is 11.6 Å². The molecule has 2 amide bonds. The Morgan fingerprint density at radius 2 is 1.79 bits per heavy atom. The number of nitrogens with one attached hydrogen (secondary N) is 1. The maximum absolute atomic E-state index is 13.5. The Labute approximate surface area is 177 Å². The molecule has 152 valence electrons. The van der Waals surface area contributed by atoms with Gasteiger partial charge in [-0.15, -0.1) is 0 Å². The van der Waals surface area contributed by atoms with Gasteiger partial charge < -0.3 is 10.2 Å². The molecule has 1 fully saturated rings. The van der Waals surface area contributed by atoms with Crippen LogP contribution in [0.4, 0.5) is 0 Å². The van der Waals surface area contributed by atoms with E-state index in [0.29, 0.717) is 18.0 Å². The molecule has 1 atom stereocenters. The van der Waals surface area contributed by atoms with Crippen LogP contribution in [0, 0.1) is 0 Å². The minimum Gasteiger partial charge on any atom is -0.350 e. The largest absolute Gasteiger partial charge is 0.350 e. The molecule has 1 aliphatic carbocycles. The summed E-state index contributed by atoms with van der Waals surface area (Å²) in [5.41, 5.74) is 1.78. The second kappa shape index (κ2) is 8.19. The van der Waals surface area contributed by atoms with Gasteiger partial charge in [0.2, 0.25) is 5.91 Å². The topological polar surface area (TPSA) is 49.4 Å². The summed E-state index contributed by atoms with van der Waals surface area (Å²) in [4.78, 5) is 28.8. The number of nitrogens with zero attached hydrogens (tertiary/aromatic N) is 1. The van der Waals surface area contributed by atoms with Gasteiger partial charge in [-0.3, -0.25) is 9.59 Å². The highest BCUT2D eigenvalue weighted by molar-refractivity contribution is 6.30. The Kier molecular flexibility index (Phi) is 5.64. The van der Waals surface area contributed by atoms with Crippen LogP contribution in [-0.2, 0) is 17.8 Å². The Balaban J connectivity index is 1.62. The quantitative estimate of drug-likeness (QED) is 0.790. The highest BCUT2D eigenvalue weighted by atomic mass is 35.5. The second-order valence-corrected chi connectivity index (χ2v) is 8.82. The predicted octanol–water partition coefficient (Wildman–Crippen LogP) is 4.75. The molecule has 4 rings (SSSR count). The zero-order valence-corrected chi connectivity index (χ0v) is 17.5. The number of amides is 2. The summed E-state index contributed by atoms with van der Waals surface area (Å²) >= 11 is 5.96. The zero-order chi connectivity index (χ0) is 20.4. The van der Waals surface area contributed by atoms with E-state index < -0.39 is 5.54 Å². The minimum atomic E-state index is -0.889. The predicted molar refractivity (Wildman–Crippen MR) is 115 cm³/mol. The average molecular weight is 411 g/mol. The molecule has 0 aromatic heterocycles. The first-order valence-corrected chi connectivity index (χ1v) is 10.8. The highest BCUT2D eigenvalue weighted by Crippen LogP contribution is 2.37. The van der Waals surface area contributed by atoms with Crippen LogP contribution in [0.5, 0.6) is 0 Å². The van der Waals surface area contributed by atoms with E-state index in [1.807, 2.05) is 60.4 Å². The molecule has 1 heterocycles. The molecular weight excluding hydrogens is 384 g/mol. The fourth-order valence-corrected chi connectivity index (χ4v) is 4.89. The fourth-order valence-electron chi connectivity index (χ4n) is 4.77. The van der Waals surface area contributed by atoms with Gasteiger partial charge in [0.15, 0.2) is 0 Å². The van der Waals surface area contributed by atoms with Crippen molar-refractivity contribution in [3.05, 3.63) is 70.2 Å². The maximum atomic E-state index is 13.5. The number of carbonyl (C=O) groups is 2. The van der Waals surface area contributed by atoms with E-state index in [9.17, 15) is 9.59 Å². The van der Waals surface area contributed by atoms with Gasteiger partial charge in [-0.2, -0.15) is 0 Å². The van der Waals surface area contributed by atoms with E-state index in [0.717, 1.165) is 42.4 Å². The van der Waals surface area contributed by atoms with E-state index in [1.54, 1.807) is 0 Å². The molecule has 1 aliphatic heterocycles. The molecule has 0 saturated heterocycles. The van der Waals surface area contributed by atoms with Crippen molar-refractivity contribution in [3.63, 3.8) is 0 Å². The number of hydrogen-bond donors (Lipinski definition) is 1. The lowest BCUT2D eigenvalue weighted by Gasteiger charge is -2.49. The first-order chi connectivity index (χ1) is 14.0. The number of halogens is 1. The van der Waals surface area contributed by atoms with Crippen LogP contribution >= 0.6 is 11.6 Å². The number of carbonyl (C=O) groups excluding carboxylic acids is 2. The zero-order valence-electron chi connectivity index (χ0n) is 16.8. The smallest absolute Gasteiger partial charge is 0.255 e. The summed E-state index contributed by atoms with van der Waals surface area (Å²) in [6.45, 7) is 2.34. The van der Waals surface area contributed by atoms with Crippen LogP contribution in [0.2, 0.25) is 5.02 Å². The van der Waals surface area contributed by atoms with E-state index in [-0.39, 0.29) is 17.9 Å². The lowest BCUT2D eigenvalue weighted by Crippen LogP contribution is -2.65. The molecule has 2 aromatic carbocycles. The van der Waals surface area contributed by atoms with Crippen molar-refractivity contribution in [1.29, 1.82) is 0 Å². The standard InChI is InChI=1S/C24H27ClN2O2/c1-24(23(29)26-16-17-11-13-19(25)14-12-17)15-18-7-5-6-10-21(18)22(28)27(24)20-8-3-2-4-9-20/h5-7,10-14,20H,2-4,8-9,15-16H2,1H3,(H,26,29)/t24-/m0/s1. The van der Waals surface area contributed by atoms with Gasteiger partial charge in [0.05, 0.1) is 0 Å². The van der Waals surface area contributed by atoms with Crippen molar-refractivity contribution in [1.82, 2.24) is 10.2 Å². The van der Waals surface area contributed by atoms with Gasteiger partial charge in [0.1, 0.15) is 5.54 Å². The summed E-state index contributed by atoms with van der Waals surface area (Å²) in [6.07, 6.45) is 5.89. The Bertz CT molecular complexity index is 905. The molecule has 5 heteroatoms. The summed E-state index contributed by atoms with van der Waals surface area (Å²) in [7, 11) is 0. The van der Waals surface area contributed by atoms with Crippen molar-refractivity contribution >= 4 is 23.4 Å². The third-order valence-electron chi connectivity index (χ3n) is 6.33. The summed E-state index contributed by atoms with van der Waals surface area (Å²) in [6, 6.07) is 15.3. The van der Waals surface area contributed by atoms with Gasteiger partial charge in [-0.05, 0) is 49.1 Å². The lowest BCUT2D eigenvalue weighted by atomic mass is 9.79. The van der Waals surface area contributed by atoms with Gasteiger partial charge in [0.25, 0.3) is 5.91 Å². The lowest BCUT2D eigenvalue weighted by molar-refractivity contribution is -0.133. The molecule has 0 spiro atoms. The highest BCUT2D eigenvalue weighted by Gasteiger charge is 2.49. The van der Waals surface area contributed by atoms with Crippen LogP contribution in [0.25, 0.3) is 0 Å². The van der Waals surface area contributed by atoms with Gasteiger partial charge in [-0.1, -0.05) is 61.2 Å². The molecule has 2 aliphatic rings. The number of benzene rings is 2. The van der Waals surface area contributed by atoms with Crippen LogP contribution in [0.3, 0.4) is 0 Å². The first kappa shape index (κ1) is 20.0. The monoisotopic (exact) mass is 410 g/mol. The van der Waals surface area contributed by atoms with Crippen LogP contribution < -0.4 is 5.32 Å². The number of hydrogen-bond acceptors (Lipinski definition) is 2. The second-order valence-electron chi connectivity index (χ2n) is 8.38. The van der Waals surface area contributed by atoms with Crippen LogP contribution in [0.1, 0.15) is 60.5 Å². The van der Waals surface area contributed by atoms with E-state index >= 15 is 0 Å². The van der Waals surface area contributed by atoms with Crippen LogP contribution in [-0.4, -0.2) is 28.3 Å². The van der Waals surface area contributed by atoms with E-state index in [1.165, 1.54) is 6.42 Å². The van der Waals surface area contributed by atoms with E-state index in [2.05, 4.69) is 5.32 Å². The molecule has 1 saturated carbocycles. The minimum absolute atomic E-state index is 0.0112. The number of rotatable bonds is 4. The molecule has 0 bridgehead atoms. The summed E-state index contributed by atoms with van der Waals surface area (Å²) in [5, 5.41) is 3.74. The molecule has 0 unspecified atom stereocenters. The van der Waals surface area contributed by atoms with Crippen molar-refractivity contribution in [3.8, 4) is 0 Å². The molecule has 29 heavy (non-hydrogen) atoms. The summed E-state index contributed by atoms with van der Waals surface area (Å²) in [5.74, 6) is -0.108. The Hall–Kier alpha value is -2.33. The van der Waals surface area contributed by atoms with Gasteiger partial charge in [0, 0.05) is 29.6 Å². The average Bonchev–Trinajstić information content (AvgIpc) is 2.74. The molecule has 4 nitrogen and oxygen atoms in total. The normalized spacial score (nSPS) is 22.3. The third kappa shape index (κ3) is 3.91. The van der Waals surface area contributed by atoms with Crippen molar-refractivity contribution in [2.24, 2.45) is 0 Å². The SMILES string of the molecule is C[C@@]1(C(=O)NCc2ccc(Cl)cc2)Cc2ccccc2C(=O)N1C1CCCCC1. The third-order valence-corrected chi connectivity index (χ3v) is 6.58. The van der Waals surface area contributed by atoms with Crippen LogP contribution in [0.15, 0.2) is 48.5 Å². The summed E-state index contributed by atoms with van der Waals surface area (Å²) < 4.78 is 0. The Morgan fingerprint density at radius 3 is 2.52 bits per heavy atom. The van der Waals surface area contributed by atoms with Crippen molar-refractivity contribution < 1.29 is 9.59 Å². The molecule has 2 aromatic rings. The molecule has 0 radical (unpaired) electrons. The van der Waals surface area contributed by atoms with Crippen molar-refractivity contribution in [2.45, 2.75) is 63.6 Å². The van der Waals surface area contributed by atoms with Gasteiger partial charge >= 0.3 is 0 Å². The maximum Gasteiger partial charge on any atom is 0.255 e. The number of fused-ring (bicyclic) bond motifs is 1. The van der Waals surface area contributed by atoms with Gasteiger partial charge in [-0.25, -0.2) is 0 Å². The fraction of sp³-hybridized carbons (Fsp3) is 0.417.